The molecule has 2 heterocycles. The van der Waals surface area contributed by atoms with Crippen LogP contribution in [0.5, 0.6) is 0 Å². The van der Waals surface area contributed by atoms with E-state index in [9.17, 15) is 18.0 Å². The maximum Gasteiger partial charge on any atom is 0.238 e. The van der Waals surface area contributed by atoms with Gasteiger partial charge in [-0.05, 0) is 69.1 Å². The molecule has 0 spiro atoms. The third kappa shape index (κ3) is 4.76. The normalized spacial score (nSPS) is 18.4. The molecule has 1 aliphatic carbocycles. The molecule has 10 heteroatoms. The van der Waals surface area contributed by atoms with E-state index in [2.05, 4.69) is 15.1 Å². The Morgan fingerprint density at radius 3 is 2.00 bits per heavy atom. The number of hydrogen-bond acceptors (Lipinski definition) is 8. The van der Waals surface area contributed by atoms with E-state index in [1.165, 1.54) is 31.4 Å². The molecule has 9 nitrogen and oxygen atoms in total. The molecule has 0 radical (unpaired) electrons. The maximum atomic E-state index is 13.8. The minimum absolute atomic E-state index is 0.0187. The molecule has 5 N–H and O–H groups in total. The summed E-state index contributed by atoms with van der Waals surface area (Å²) in [6.07, 6.45) is 5.82. The molecule has 0 atom stereocenters. The van der Waals surface area contributed by atoms with Crippen LogP contribution >= 0.6 is 0 Å². The second-order valence-electron chi connectivity index (χ2n) is 10.8. The molecule has 2 fully saturated rings. The highest BCUT2D eigenvalue weighted by Gasteiger charge is 2.36. The maximum absolute atomic E-state index is 13.8. The first-order chi connectivity index (χ1) is 19.2. The molecule has 0 unspecified atom stereocenters. The summed E-state index contributed by atoms with van der Waals surface area (Å²) in [5, 5.41) is 8.51. The van der Waals surface area contributed by atoms with Crippen molar-refractivity contribution in [1.82, 2.24) is 4.90 Å². The number of piperidine rings is 2. The van der Waals surface area contributed by atoms with E-state index >= 15 is 0 Å². The van der Waals surface area contributed by atoms with Gasteiger partial charge in [0, 0.05) is 35.9 Å². The van der Waals surface area contributed by atoms with Crippen LogP contribution in [0.1, 0.15) is 63.9 Å². The molecule has 0 saturated carbocycles. The molecule has 3 aliphatic rings. The number of likely N-dealkylation sites (tertiary alicyclic amines) is 1. The lowest BCUT2D eigenvalue weighted by molar-refractivity contribution is 0.0980. The standard InChI is InChI=1S/C30H33N5O4S/c31-28-25(35-16-12-20(13-17-35)34-14-4-1-5-15-34)18-24(33-19-8-10-21(11-9-19)40(32,38)39)26-27(28)30(37)23-7-3-2-6-22(23)29(26)36/h2-3,6-11,18,20,33H,1,4-5,12-17,31H2,(H2,32,38,39). The summed E-state index contributed by atoms with van der Waals surface area (Å²) in [7, 11) is -3.85. The van der Waals surface area contributed by atoms with Crippen LogP contribution in [0.3, 0.4) is 0 Å². The van der Waals surface area contributed by atoms with Gasteiger partial charge in [-0.3, -0.25) is 9.59 Å². The number of carbonyl (C=O) groups is 2. The summed E-state index contributed by atoms with van der Waals surface area (Å²) < 4.78 is 23.4. The number of nitrogens with one attached hydrogen (secondary N) is 1. The van der Waals surface area contributed by atoms with Crippen molar-refractivity contribution in [3.05, 3.63) is 76.9 Å². The van der Waals surface area contributed by atoms with Crippen molar-refractivity contribution in [2.45, 2.75) is 43.0 Å². The van der Waals surface area contributed by atoms with Crippen molar-refractivity contribution < 1.29 is 18.0 Å². The highest BCUT2D eigenvalue weighted by molar-refractivity contribution is 7.89. The number of ketones is 2. The number of anilines is 4. The number of carbonyl (C=O) groups excluding carboxylic acids is 2. The van der Waals surface area contributed by atoms with E-state index in [-0.39, 0.29) is 27.6 Å². The molecule has 208 valence electrons. The fraction of sp³-hybridized carbons (Fsp3) is 0.333. The summed E-state index contributed by atoms with van der Waals surface area (Å²) in [6.45, 7) is 3.90. The highest BCUT2D eigenvalue weighted by atomic mass is 32.2. The number of nitrogens with zero attached hydrogens (tertiary/aromatic N) is 2. The minimum Gasteiger partial charge on any atom is -0.396 e. The van der Waals surface area contributed by atoms with E-state index in [4.69, 9.17) is 10.9 Å². The van der Waals surface area contributed by atoms with Crippen molar-refractivity contribution in [1.29, 1.82) is 0 Å². The third-order valence-corrected chi connectivity index (χ3v) is 9.32. The Labute approximate surface area is 234 Å². The summed E-state index contributed by atoms with van der Waals surface area (Å²) in [4.78, 5) is 32.3. The first-order valence-corrected chi connectivity index (χ1v) is 15.3. The SMILES string of the molecule is Nc1c(N2CCC(N3CCCCC3)CC2)cc(Nc2ccc(S(N)(=O)=O)cc2)c2c1C(=O)c1ccccc1C2=O. The van der Waals surface area contributed by atoms with Gasteiger partial charge in [0.05, 0.1) is 33.1 Å². The van der Waals surface area contributed by atoms with Crippen LogP contribution in [0, 0.1) is 0 Å². The van der Waals surface area contributed by atoms with Crippen molar-refractivity contribution in [3.8, 4) is 0 Å². The zero-order valence-corrected chi connectivity index (χ0v) is 23.0. The van der Waals surface area contributed by atoms with E-state index < -0.39 is 10.0 Å². The molecular weight excluding hydrogens is 526 g/mol. The lowest BCUT2D eigenvalue weighted by atomic mass is 9.81. The van der Waals surface area contributed by atoms with Gasteiger partial charge in [0.25, 0.3) is 0 Å². The summed E-state index contributed by atoms with van der Waals surface area (Å²) in [5.74, 6) is -0.559. The molecule has 2 aliphatic heterocycles. The van der Waals surface area contributed by atoms with Crippen LogP contribution in [-0.4, -0.2) is 57.1 Å². The third-order valence-electron chi connectivity index (χ3n) is 8.39. The molecular formula is C30H33N5O4S. The topological polar surface area (TPSA) is 139 Å². The second kappa shape index (κ2) is 10.3. The van der Waals surface area contributed by atoms with Crippen molar-refractivity contribution in [3.63, 3.8) is 0 Å². The Hall–Kier alpha value is -3.73. The molecule has 2 saturated heterocycles. The van der Waals surface area contributed by atoms with Gasteiger partial charge >= 0.3 is 0 Å². The van der Waals surface area contributed by atoms with Gasteiger partial charge in [0.2, 0.25) is 10.0 Å². The lowest BCUT2D eigenvalue weighted by Crippen LogP contribution is -2.47. The second-order valence-corrected chi connectivity index (χ2v) is 12.4. The molecule has 0 bridgehead atoms. The predicted octanol–water partition coefficient (Wildman–Crippen LogP) is 3.89. The van der Waals surface area contributed by atoms with Gasteiger partial charge in [0.1, 0.15) is 0 Å². The van der Waals surface area contributed by atoms with E-state index in [1.54, 1.807) is 36.4 Å². The number of fused-ring (bicyclic) bond motifs is 2. The number of nitrogens with two attached hydrogens (primary N) is 2. The number of nitrogen functional groups attached to an aromatic ring is 1. The van der Waals surface area contributed by atoms with Crippen molar-refractivity contribution in [2.75, 3.05) is 42.1 Å². The molecule has 0 aromatic heterocycles. The van der Waals surface area contributed by atoms with Gasteiger partial charge in [-0.1, -0.05) is 30.7 Å². The summed E-state index contributed by atoms with van der Waals surface area (Å²) in [6, 6.07) is 15.1. The Bertz CT molecular complexity index is 1590. The summed E-state index contributed by atoms with van der Waals surface area (Å²) >= 11 is 0. The molecule has 0 amide bonds. The summed E-state index contributed by atoms with van der Waals surface area (Å²) in [5.41, 5.74) is 9.87. The van der Waals surface area contributed by atoms with Gasteiger partial charge in [-0.2, -0.15) is 0 Å². The van der Waals surface area contributed by atoms with Crippen LogP contribution in [-0.2, 0) is 10.0 Å². The fourth-order valence-corrected chi connectivity index (χ4v) is 6.82. The number of hydrogen-bond donors (Lipinski definition) is 3. The monoisotopic (exact) mass is 559 g/mol. The molecule has 3 aromatic carbocycles. The smallest absolute Gasteiger partial charge is 0.238 e. The van der Waals surface area contributed by atoms with E-state index in [1.807, 2.05) is 6.07 Å². The number of rotatable bonds is 5. The van der Waals surface area contributed by atoms with Gasteiger partial charge in [-0.15, -0.1) is 0 Å². The zero-order chi connectivity index (χ0) is 28.0. The average molecular weight is 560 g/mol. The van der Waals surface area contributed by atoms with E-state index in [0.717, 1.165) is 44.7 Å². The predicted molar refractivity (Wildman–Crippen MR) is 156 cm³/mol. The molecule has 3 aromatic rings. The number of sulfonamides is 1. The van der Waals surface area contributed by atoms with Crippen LogP contribution in [0.2, 0.25) is 0 Å². The Morgan fingerprint density at radius 2 is 1.40 bits per heavy atom. The largest absolute Gasteiger partial charge is 0.396 e. The van der Waals surface area contributed by atoms with E-state index in [0.29, 0.717) is 34.2 Å². The quantitative estimate of drug-likeness (QED) is 0.313. The van der Waals surface area contributed by atoms with Crippen LogP contribution < -0.4 is 21.1 Å². The zero-order valence-electron chi connectivity index (χ0n) is 22.2. The van der Waals surface area contributed by atoms with Gasteiger partial charge in [-0.25, -0.2) is 13.6 Å². The fourth-order valence-electron chi connectivity index (χ4n) is 6.30. The highest BCUT2D eigenvalue weighted by Crippen LogP contribution is 2.42. The van der Waals surface area contributed by atoms with Crippen LogP contribution in [0.25, 0.3) is 0 Å². The first-order valence-electron chi connectivity index (χ1n) is 13.8. The number of benzene rings is 3. The van der Waals surface area contributed by atoms with Crippen molar-refractivity contribution in [2.24, 2.45) is 5.14 Å². The average Bonchev–Trinajstić information content (AvgIpc) is 2.97. The van der Waals surface area contributed by atoms with Gasteiger partial charge in [0.15, 0.2) is 11.6 Å². The Morgan fingerprint density at radius 1 is 0.800 bits per heavy atom. The first kappa shape index (κ1) is 26.5. The van der Waals surface area contributed by atoms with Crippen LogP contribution in [0.15, 0.2) is 59.5 Å². The van der Waals surface area contributed by atoms with Crippen LogP contribution in [0.4, 0.5) is 22.7 Å². The Kier molecular flexibility index (Phi) is 6.85. The molecule has 6 rings (SSSR count). The minimum atomic E-state index is -3.85. The van der Waals surface area contributed by atoms with Gasteiger partial charge < -0.3 is 20.9 Å². The van der Waals surface area contributed by atoms with Crippen molar-refractivity contribution >= 4 is 44.3 Å². The molecule has 40 heavy (non-hydrogen) atoms. The lowest BCUT2D eigenvalue weighted by Gasteiger charge is -2.41. The Balaban J connectivity index is 1.39. The number of primary sulfonamides is 1.